The molecule has 0 radical (unpaired) electrons. The third-order valence-corrected chi connectivity index (χ3v) is 8.98. The quantitative estimate of drug-likeness (QED) is 0.209. The standard InChI is InChI=1S/C38H27BN2O/c1-24-20-25(2)37-33(21-24)40(26-12-4-3-5-13-26)34-22-27(23-36-38(34)39(37)30-16-8-11-19-35(30)42-36)41-31-17-9-6-14-28(31)29-15-7-10-18-32(29)41/h3-23H,1-2H3. The van der Waals surface area contributed by atoms with E-state index in [-0.39, 0.29) is 6.71 Å². The number of fused-ring (bicyclic) bond motifs is 7. The summed E-state index contributed by atoms with van der Waals surface area (Å²) in [5, 5.41) is 2.50. The average Bonchev–Trinajstić information content (AvgIpc) is 3.35. The molecule has 7 aromatic rings. The van der Waals surface area contributed by atoms with Crippen LogP contribution in [0.15, 0.2) is 127 Å². The van der Waals surface area contributed by atoms with E-state index in [0.717, 1.165) is 28.6 Å². The van der Waals surface area contributed by atoms with E-state index in [1.807, 2.05) is 0 Å². The molecule has 0 N–H and O–H groups in total. The first kappa shape index (κ1) is 23.5. The Labute approximate surface area is 245 Å². The van der Waals surface area contributed by atoms with Crippen molar-refractivity contribution in [2.45, 2.75) is 13.8 Å². The minimum absolute atomic E-state index is 0.0858. The lowest BCUT2D eigenvalue weighted by Gasteiger charge is -2.41. The molecular formula is C38H27BN2O. The highest BCUT2D eigenvalue weighted by Gasteiger charge is 2.43. The van der Waals surface area contributed by atoms with E-state index in [9.17, 15) is 0 Å². The van der Waals surface area contributed by atoms with Gasteiger partial charge < -0.3 is 14.2 Å². The van der Waals surface area contributed by atoms with Crippen LogP contribution < -0.4 is 26.0 Å². The third kappa shape index (κ3) is 3.18. The van der Waals surface area contributed by atoms with Gasteiger partial charge in [0.05, 0.1) is 16.7 Å². The molecule has 0 bridgehead atoms. The fourth-order valence-corrected chi connectivity index (χ4v) is 7.37. The van der Waals surface area contributed by atoms with Gasteiger partial charge in [0, 0.05) is 33.9 Å². The molecule has 1 aromatic heterocycles. The van der Waals surface area contributed by atoms with Gasteiger partial charge in [-0.25, -0.2) is 0 Å². The zero-order valence-corrected chi connectivity index (χ0v) is 23.5. The Kier molecular flexibility index (Phi) is 4.83. The highest BCUT2D eigenvalue weighted by molar-refractivity contribution is 6.99. The molecule has 0 unspecified atom stereocenters. The van der Waals surface area contributed by atoms with Gasteiger partial charge in [-0.2, -0.15) is 0 Å². The molecule has 0 spiro atoms. The number of aromatic nitrogens is 1. The van der Waals surface area contributed by atoms with E-state index in [0.29, 0.717) is 0 Å². The van der Waals surface area contributed by atoms with Crippen molar-refractivity contribution in [1.29, 1.82) is 0 Å². The Bertz CT molecular complexity index is 2160. The number of benzene rings is 6. The Morgan fingerprint density at radius 2 is 1.19 bits per heavy atom. The van der Waals surface area contributed by atoms with Crippen molar-refractivity contribution in [3.05, 3.63) is 139 Å². The number of ether oxygens (including phenoxy) is 1. The lowest BCUT2D eigenvalue weighted by atomic mass is 9.33. The van der Waals surface area contributed by atoms with Crippen molar-refractivity contribution < 1.29 is 4.74 Å². The summed E-state index contributed by atoms with van der Waals surface area (Å²) in [6.07, 6.45) is 0. The van der Waals surface area contributed by atoms with Gasteiger partial charge >= 0.3 is 0 Å². The van der Waals surface area contributed by atoms with Gasteiger partial charge in [-0.1, -0.05) is 84.4 Å². The third-order valence-electron chi connectivity index (χ3n) is 8.98. The predicted octanol–water partition coefficient (Wildman–Crippen LogP) is 7.81. The Balaban J connectivity index is 1.42. The molecule has 0 amide bonds. The molecule has 0 fully saturated rings. The number of rotatable bonds is 2. The minimum Gasteiger partial charge on any atom is -0.458 e. The summed E-state index contributed by atoms with van der Waals surface area (Å²) in [4.78, 5) is 2.44. The van der Waals surface area contributed by atoms with Crippen LogP contribution in [0.25, 0.3) is 27.5 Å². The summed E-state index contributed by atoms with van der Waals surface area (Å²) in [7, 11) is 0. The summed E-state index contributed by atoms with van der Waals surface area (Å²) in [6, 6.07) is 46.0. The fourth-order valence-electron chi connectivity index (χ4n) is 7.37. The molecule has 0 saturated heterocycles. The molecule has 3 heterocycles. The second kappa shape index (κ2) is 8.64. The molecule has 0 aliphatic carbocycles. The van der Waals surface area contributed by atoms with Crippen molar-refractivity contribution in [2.75, 3.05) is 4.90 Å². The summed E-state index contributed by atoms with van der Waals surface area (Å²) in [6.45, 7) is 4.54. The van der Waals surface area contributed by atoms with Gasteiger partial charge in [-0.3, -0.25) is 0 Å². The van der Waals surface area contributed by atoms with Crippen molar-refractivity contribution in [3.8, 4) is 17.2 Å². The van der Waals surface area contributed by atoms with Crippen LogP contribution in [0.3, 0.4) is 0 Å². The van der Waals surface area contributed by atoms with Crippen LogP contribution in [0.2, 0.25) is 0 Å². The highest BCUT2D eigenvalue weighted by Crippen LogP contribution is 2.43. The lowest BCUT2D eigenvalue weighted by molar-refractivity contribution is 0.487. The fraction of sp³-hybridized carbons (Fsp3) is 0.0526. The first-order chi connectivity index (χ1) is 20.7. The second-order valence-electron chi connectivity index (χ2n) is 11.5. The number of nitrogens with zero attached hydrogens (tertiary/aromatic N) is 2. The summed E-state index contributed by atoms with van der Waals surface area (Å²) in [5.41, 5.74) is 13.4. The minimum atomic E-state index is 0.0858. The number of para-hydroxylation sites is 4. The molecule has 0 atom stereocenters. The maximum atomic E-state index is 6.81. The van der Waals surface area contributed by atoms with E-state index in [1.165, 1.54) is 55.0 Å². The Hall–Kier alpha value is -5.22. The summed E-state index contributed by atoms with van der Waals surface area (Å²) >= 11 is 0. The zero-order valence-electron chi connectivity index (χ0n) is 23.5. The molecule has 42 heavy (non-hydrogen) atoms. The normalized spacial score (nSPS) is 13.1. The molecule has 198 valence electrons. The number of hydrogen-bond acceptors (Lipinski definition) is 2. The van der Waals surface area contributed by atoms with Crippen LogP contribution in [-0.2, 0) is 0 Å². The van der Waals surface area contributed by atoms with Gasteiger partial charge in [-0.05, 0) is 78.3 Å². The van der Waals surface area contributed by atoms with Crippen LogP contribution in [0.1, 0.15) is 11.1 Å². The van der Waals surface area contributed by atoms with Crippen LogP contribution >= 0.6 is 0 Å². The molecule has 4 heteroatoms. The van der Waals surface area contributed by atoms with E-state index in [1.54, 1.807) is 0 Å². The smallest absolute Gasteiger partial charge is 0.256 e. The van der Waals surface area contributed by atoms with Crippen LogP contribution in [0.5, 0.6) is 11.5 Å². The molecule has 3 nitrogen and oxygen atoms in total. The van der Waals surface area contributed by atoms with Crippen molar-refractivity contribution in [3.63, 3.8) is 0 Å². The summed E-state index contributed by atoms with van der Waals surface area (Å²) in [5.74, 6) is 1.85. The maximum Gasteiger partial charge on any atom is 0.256 e. The van der Waals surface area contributed by atoms with Crippen LogP contribution in [0.4, 0.5) is 17.1 Å². The van der Waals surface area contributed by atoms with E-state index in [2.05, 4.69) is 151 Å². The predicted molar refractivity (Wildman–Crippen MR) is 176 cm³/mol. The molecule has 0 saturated carbocycles. The highest BCUT2D eigenvalue weighted by atomic mass is 16.5. The number of anilines is 3. The Morgan fingerprint density at radius 1 is 0.548 bits per heavy atom. The summed E-state index contributed by atoms with van der Waals surface area (Å²) < 4.78 is 9.20. The van der Waals surface area contributed by atoms with Gasteiger partial charge in [0.25, 0.3) is 6.71 Å². The molecule has 2 aliphatic heterocycles. The molecule has 9 rings (SSSR count). The molecular weight excluding hydrogens is 511 g/mol. The van der Waals surface area contributed by atoms with E-state index in [4.69, 9.17) is 4.74 Å². The monoisotopic (exact) mass is 538 g/mol. The topological polar surface area (TPSA) is 17.4 Å². The first-order valence-corrected chi connectivity index (χ1v) is 14.6. The number of aryl methyl sites for hydroxylation is 2. The Morgan fingerprint density at radius 3 is 1.95 bits per heavy atom. The van der Waals surface area contributed by atoms with Crippen LogP contribution in [-0.4, -0.2) is 11.3 Å². The van der Waals surface area contributed by atoms with Gasteiger partial charge in [0.1, 0.15) is 11.5 Å². The van der Waals surface area contributed by atoms with Crippen molar-refractivity contribution >= 4 is 62.0 Å². The zero-order chi connectivity index (χ0) is 27.9. The first-order valence-electron chi connectivity index (χ1n) is 14.6. The van der Waals surface area contributed by atoms with Gasteiger partial charge in [-0.15, -0.1) is 0 Å². The van der Waals surface area contributed by atoms with Crippen molar-refractivity contribution in [1.82, 2.24) is 4.57 Å². The van der Waals surface area contributed by atoms with E-state index < -0.39 is 0 Å². The van der Waals surface area contributed by atoms with Crippen LogP contribution in [0, 0.1) is 13.8 Å². The largest absolute Gasteiger partial charge is 0.458 e. The lowest BCUT2D eigenvalue weighted by Crippen LogP contribution is -2.60. The molecule has 2 aliphatic rings. The second-order valence-corrected chi connectivity index (χ2v) is 11.5. The van der Waals surface area contributed by atoms with E-state index >= 15 is 0 Å². The SMILES string of the molecule is Cc1cc(C)c2c(c1)N(c1ccccc1)c1cc(-n3c4ccccc4c4ccccc43)cc3c1B2c1ccccc1O3. The maximum absolute atomic E-state index is 6.81. The number of hydrogen-bond donors (Lipinski definition) is 0. The van der Waals surface area contributed by atoms with Crippen molar-refractivity contribution in [2.24, 2.45) is 0 Å². The molecule has 6 aromatic carbocycles. The average molecular weight is 538 g/mol. The van der Waals surface area contributed by atoms with Gasteiger partial charge in [0.2, 0.25) is 0 Å². The van der Waals surface area contributed by atoms with Gasteiger partial charge in [0.15, 0.2) is 0 Å².